The van der Waals surface area contributed by atoms with Crippen LogP contribution in [0.3, 0.4) is 0 Å². The molecule has 0 fully saturated rings. The molecule has 2 rings (SSSR count). The molecular weight excluding hydrogens is 249 g/mol. The van der Waals surface area contributed by atoms with Crippen LogP contribution in [0, 0.1) is 0 Å². The van der Waals surface area contributed by atoms with Crippen LogP contribution < -0.4 is 10.6 Å². The molecule has 0 saturated carbocycles. The maximum absolute atomic E-state index is 12.2. The molecule has 0 amide bonds. The Morgan fingerprint density at radius 1 is 1.28 bits per heavy atom. The molecule has 0 aliphatic heterocycles. The zero-order valence-corrected chi connectivity index (χ0v) is 9.47. The highest BCUT2D eigenvalue weighted by atomic mass is 19.4. The van der Waals surface area contributed by atoms with E-state index in [-0.39, 0.29) is 11.8 Å². The van der Waals surface area contributed by atoms with Crippen molar-refractivity contribution in [1.82, 2.24) is 20.2 Å². The number of alkyl halides is 3. The second kappa shape index (κ2) is 4.67. The number of rotatable bonds is 4. The summed E-state index contributed by atoms with van der Waals surface area (Å²) < 4.78 is 36.5. The minimum atomic E-state index is -4.31. The number of nitrogens with one attached hydrogen (secondary N) is 3. The number of halogens is 3. The van der Waals surface area contributed by atoms with Crippen molar-refractivity contribution in [2.75, 3.05) is 23.7 Å². The average molecular weight is 260 g/mol. The Bertz CT molecular complexity index is 535. The molecule has 18 heavy (non-hydrogen) atoms. The molecule has 0 unspecified atom stereocenters. The van der Waals surface area contributed by atoms with Crippen molar-refractivity contribution >= 4 is 22.8 Å². The molecule has 0 radical (unpaired) electrons. The van der Waals surface area contributed by atoms with Gasteiger partial charge in [0.1, 0.15) is 12.4 Å². The smallest absolute Gasteiger partial charge is 0.360 e. The monoisotopic (exact) mass is 260 g/mol. The summed E-state index contributed by atoms with van der Waals surface area (Å²) in [6.07, 6.45) is -2.93. The van der Waals surface area contributed by atoms with Crippen molar-refractivity contribution in [2.45, 2.75) is 13.1 Å². The summed E-state index contributed by atoms with van der Waals surface area (Å²) in [5.41, 5.74) is 0.380. The largest absolute Gasteiger partial charge is 0.405 e. The highest BCUT2D eigenvalue weighted by molar-refractivity contribution is 5.86. The summed E-state index contributed by atoms with van der Waals surface area (Å²) in [6.45, 7) is 1.25. The molecule has 98 valence electrons. The van der Waals surface area contributed by atoms with Gasteiger partial charge in [-0.1, -0.05) is 0 Å². The Labute approximate surface area is 100 Å². The Kier molecular flexibility index (Phi) is 3.21. The highest BCUT2D eigenvalue weighted by Crippen LogP contribution is 2.22. The maximum atomic E-state index is 12.2. The van der Waals surface area contributed by atoms with Crippen LogP contribution in [-0.2, 0) is 0 Å². The zero-order chi connectivity index (χ0) is 13.2. The molecule has 0 aliphatic carbocycles. The maximum Gasteiger partial charge on any atom is 0.405 e. The van der Waals surface area contributed by atoms with Gasteiger partial charge in [0.05, 0.1) is 11.6 Å². The number of hydrogen-bond donors (Lipinski definition) is 3. The Morgan fingerprint density at radius 3 is 2.72 bits per heavy atom. The molecule has 2 heterocycles. The predicted molar refractivity (Wildman–Crippen MR) is 60.4 cm³/mol. The summed E-state index contributed by atoms with van der Waals surface area (Å²) in [6, 6.07) is 0. The molecule has 0 aliphatic rings. The van der Waals surface area contributed by atoms with Gasteiger partial charge < -0.3 is 10.6 Å². The highest BCUT2D eigenvalue weighted by Gasteiger charge is 2.27. The van der Waals surface area contributed by atoms with E-state index in [4.69, 9.17) is 0 Å². The standard InChI is InChI=1S/C9H11F3N6/c1-2-13-8-16-6(14-4-9(10,11)12)5-3-15-18-7(5)17-8/h3H,2,4H2,1H3,(H3,13,14,15,16,17,18). The van der Waals surface area contributed by atoms with Crippen molar-refractivity contribution in [2.24, 2.45) is 0 Å². The van der Waals surface area contributed by atoms with Gasteiger partial charge in [0, 0.05) is 6.54 Å². The molecule has 0 aromatic carbocycles. The van der Waals surface area contributed by atoms with Crippen LogP contribution in [0.5, 0.6) is 0 Å². The Balaban J connectivity index is 2.31. The van der Waals surface area contributed by atoms with Crippen molar-refractivity contribution in [3.63, 3.8) is 0 Å². The molecule has 0 saturated heterocycles. The van der Waals surface area contributed by atoms with E-state index in [1.165, 1.54) is 6.20 Å². The lowest BCUT2D eigenvalue weighted by molar-refractivity contribution is -0.115. The molecule has 0 spiro atoms. The van der Waals surface area contributed by atoms with Crippen LogP contribution in [0.1, 0.15) is 6.92 Å². The van der Waals surface area contributed by atoms with Gasteiger partial charge in [-0.25, -0.2) is 0 Å². The van der Waals surface area contributed by atoms with Gasteiger partial charge in [0.25, 0.3) is 0 Å². The van der Waals surface area contributed by atoms with Gasteiger partial charge >= 0.3 is 6.18 Å². The van der Waals surface area contributed by atoms with Crippen molar-refractivity contribution in [3.8, 4) is 0 Å². The number of aromatic amines is 1. The number of hydrogen-bond acceptors (Lipinski definition) is 5. The third-order valence-electron chi connectivity index (χ3n) is 2.10. The van der Waals surface area contributed by atoms with Gasteiger partial charge in [-0.2, -0.15) is 28.2 Å². The first kappa shape index (κ1) is 12.4. The van der Waals surface area contributed by atoms with Crippen LogP contribution in [0.25, 0.3) is 11.0 Å². The lowest BCUT2D eigenvalue weighted by Crippen LogP contribution is -2.22. The molecule has 3 N–H and O–H groups in total. The van der Waals surface area contributed by atoms with E-state index in [1.807, 2.05) is 6.92 Å². The number of aromatic nitrogens is 4. The normalized spacial score (nSPS) is 11.8. The third-order valence-corrected chi connectivity index (χ3v) is 2.10. The number of fused-ring (bicyclic) bond motifs is 1. The first-order valence-corrected chi connectivity index (χ1v) is 5.25. The molecular formula is C9H11F3N6. The fraction of sp³-hybridized carbons (Fsp3) is 0.444. The summed E-state index contributed by atoms with van der Waals surface area (Å²) >= 11 is 0. The number of nitrogens with zero attached hydrogens (tertiary/aromatic N) is 3. The average Bonchev–Trinajstić information content (AvgIpc) is 2.73. The van der Waals surface area contributed by atoms with Gasteiger partial charge in [0.2, 0.25) is 5.95 Å². The van der Waals surface area contributed by atoms with E-state index < -0.39 is 12.7 Å². The second-order valence-corrected chi connectivity index (χ2v) is 3.53. The zero-order valence-electron chi connectivity index (χ0n) is 9.47. The fourth-order valence-electron chi connectivity index (χ4n) is 1.39. The minimum Gasteiger partial charge on any atom is -0.360 e. The summed E-state index contributed by atoms with van der Waals surface area (Å²) in [4.78, 5) is 8.04. The summed E-state index contributed by atoms with van der Waals surface area (Å²) in [5.74, 6) is 0.348. The van der Waals surface area contributed by atoms with Gasteiger partial charge in [0.15, 0.2) is 5.65 Å². The fourth-order valence-corrected chi connectivity index (χ4v) is 1.39. The first-order valence-electron chi connectivity index (χ1n) is 5.25. The van der Waals surface area contributed by atoms with Crippen LogP contribution >= 0.6 is 0 Å². The van der Waals surface area contributed by atoms with Crippen LogP contribution in [-0.4, -0.2) is 39.4 Å². The SMILES string of the molecule is CCNc1nc(NCC(F)(F)F)c2cn[nH]c2n1. The van der Waals surface area contributed by atoms with E-state index in [0.29, 0.717) is 17.6 Å². The minimum absolute atomic E-state index is 0.0991. The molecule has 0 bridgehead atoms. The lowest BCUT2D eigenvalue weighted by Gasteiger charge is -2.10. The van der Waals surface area contributed by atoms with E-state index in [0.717, 1.165) is 0 Å². The van der Waals surface area contributed by atoms with Crippen molar-refractivity contribution in [1.29, 1.82) is 0 Å². The lowest BCUT2D eigenvalue weighted by atomic mass is 10.4. The predicted octanol–water partition coefficient (Wildman–Crippen LogP) is 1.76. The van der Waals surface area contributed by atoms with E-state index >= 15 is 0 Å². The molecule has 9 heteroatoms. The quantitative estimate of drug-likeness (QED) is 0.780. The van der Waals surface area contributed by atoms with E-state index in [2.05, 4.69) is 30.8 Å². The topological polar surface area (TPSA) is 78.5 Å². The third kappa shape index (κ3) is 2.79. The van der Waals surface area contributed by atoms with Crippen LogP contribution in [0.15, 0.2) is 6.20 Å². The van der Waals surface area contributed by atoms with E-state index in [9.17, 15) is 13.2 Å². The summed E-state index contributed by atoms with van der Waals surface area (Å²) in [7, 11) is 0. The Hall–Kier alpha value is -2.06. The van der Waals surface area contributed by atoms with Crippen molar-refractivity contribution < 1.29 is 13.2 Å². The number of H-pyrrole nitrogens is 1. The first-order chi connectivity index (χ1) is 8.49. The molecule has 6 nitrogen and oxygen atoms in total. The van der Waals surface area contributed by atoms with Crippen LogP contribution in [0.4, 0.5) is 24.9 Å². The van der Waals surface area contributed by atoms with Gasteiger partial charge in [-0.15, -0.1) is 0 Å². The van der Waals surface area contributed by atoms with Gasteiger partial charge in [-0.05, 0) is 6.92 Å². The number of anilines is 2. The summed E-state index contributed by atoms with van der Waals surface area (Å²) in [5, 5.41) is 11.8. The molecule has 2 aromatic heterocycles. The van der Waals surface area contributed by atoms with E-state index in [1.54, 1.807) is 0 Å². The molecule has 0 atom stereocenters. The Morgan fingerprint density at radius 2 is 2.06 bits per heavy atom. The van der Waals surface area contributed by atoms with Gasteiger partial charge in [-0.3, -0.25) is 5.10 Å². The van der Waals surface area contributed by atoms with Crippen LogP contribution in [0.2, 0.25) is 0 Å². The second-order valence-electron chi connectivity index (χ2n) is 3.53. The van der Waals surface area contributed by atoms with Crippen molar-refractivity contribution in [3.05, 3.63) is 6.20 Å². The molecule has 2 aromatic rings.